The molecule has 5 heteroatoms. The van der Waals surface area contributed by atoms with Crippen LogP contribution in [0.15, 0.2) is 12.4 Å². The molecule has 1 aliphatic rings. The first kappa shape index (κ1) is 9.45. The normalized spacial score (nSPS) is 15.1. The number of anilines is 1. The van der Waals surface area contributed by atoms with Crippen molar-refractivity contribution in [3.63, 3.8) is 0 Å². The number of fused-ring (bicyclic) bond motifs is 1. The summed E-state index contributed by atoms with van der Waals surface area (Å²) >= 11 is 0. The molecule has 0 amide bonds. The topological polar surface area (TPSA) is 61.7 Å². The second kappa shape index (κ2) is 3.37. The van der Waals surface area contributed by atoms with Crippen LogP contribution in [0.3, 0.4) is 0 Å². The summed E-state index contributed by atoms with van der Waals surface area (Å²) in [5.41, 5.74) is 9.44. The molecule has 84 valence electrons. The van der Waals surface area contributed by atoms with Crippen LogP contribution in [0.2, 0.25) is 0 Å². The second-order valence-electron chi connectivity index (χ2n) is 4.30. The monoisotopic (exact) mass is 217 g/mol. The van der Waals surface area contributed by atoms with E-state index >= 15 is 0 Å². The smallest absolute Gasteiger partial charge is 0.149 e. The van der Waals surface area contributed by atoms with Gasteiger partial charge in [0, 0.05) is 18.3 Å². The number of rotatable bonds is 1. The molecule has 3 rings (SSSR count). The highest BCUT2D eigenvalue weighted by atomic mass is 15.3. The third kappa shape index (κ3) is 1.31. The number of nitrogens with two attached hydrogens (primary N) is 1. The maximum absolute atomic E-state index is 5.95. The molecule has 0 atom stereocenters. The molecule has 0 radical (unpaired) electrons. The summed E-state index contributed by atoms with van der Waals surface area (Å²) in [7, 11) is 1.91. The van der Waals surface area contributed by atoms with Gasteiger partial charge >= 0.3 is 0 Å². The first-order chi connectivity index (χ1) is 7.75. The largest absolute Gasteiger partial charge is 0.382 e. The Bertz CT molecular complexity index is 522. The fraction of sp³-hybridized carbons (Fsp3) is 0.455. The molecule has 16 heavy (non-hydrogen) atoms. The van der Waals surface area contributed by atoms with Gasteiger partial charge in [0.05, 0.1) is 12.4 Å². The molecule has 0 spiro atoms. The van der Waals surface area contributed by atoms with E-state index in [-0.39, 0.29) is 0 Å². The van der Waals surface area contributed by atoms with Crippen LogP contribution in [0.4, 0.5) is 5.82 Å². The summed E-state index contributed by atoms with van der Waals surface area (Å²) < 4.78 is 3.72. The van der Waals surface area contributed by atoms with Crippen molar-refractivity contribution in [3.05, 3.63) is 23.7 Å². The van der Waals surface area contributed by atoms with Crippen molar-refractivity contribution in [2.24, 2.45) is 7.05 Å². The Kier molecular flexibility index (Phi) is 1.99. The fourth-order valence-electron chi connectivity index (χ4n) is 2.36. The average molecular weight is 217 g/mol. The highest BCUT2D eigenvalue weighted by molar-refractivity contribution is 5.47. The number of nitrogen functional groups attached to an aromatic ring is 1. The van der Waals surface area contributed by atoms with E-state index < -0.39 is 0 Å². The Hall–Kier alpha value is -1.78. The number of aromatic nitrogens is 4. The maximum Gasteiger partial charge on any atom is 0.149 e. The van der Waals surface area contributed by atoms with Gasteiger partial charge in [-0.1, -0.05) is 0 Å². The van der Waals surface area contributed by atoms with E-state index in [4.69, 9.17) is 5.73 Å². The molecule has 0 aliphatic heterocycles. The van der Waals surface area contributed by atoms with Gasteiger partial charge in [-0.05, 0) is 25.7 Å². The Labute approximate surface area is 93.9 Å². The number of nitrogens with zero attached hydrogens (tertiary/aromatic N) is 4. The molecule has 2 aromatic heterocycles. The molecule has 2 heterocycles. The Morgan fingerprint density at radius 2 is 2.12 bits per heavy atom. The molecule has 0 fully saturated rings. The summed E-state index contributed by atoms with van der Waals surface area (Å²) in [5, 5.41) is 8.58. The molecule has 0 saturated carbocycles. The van der Waals surface area contributed by atoms with E-state index in [1.165, 1.54) is 24.1 Å². The van der Waals surface area contributed by atoms with Gasteiger partial charge in [-0.15, -0.1) is 0 Å². The van der Waals surface area contributed by atoms with Gasteiger partial charge in [-0.3, -0.25) is 4.68 Å². The molecular formula is C11H15N5. The van der Waals surface area contributed by atoms with Crippen LogP contribution in [0, 0.1) is 0 Å². The Morgan fingerprint density at radius 1 is 1.31 bits per heavy atom. The molecule has 5 nitrogen and oxygen atoms in total. The number of aryl methyl sites for hydroxylation is 1. The number of hydrogen-bond acceptors (Lipinski definition) is 3. The lowest BCUT2D eigenvalue weighted by molar-refractivity contribution is 0.653. The van der Waals surface area contributed by atoms with Crippen molar-refractivity contribution in [3.8, 4) is 5.69 Å². The van der Waals surface area contributed by atoms with E-state index in [0.29, 0.717) is 5.82 Å². The van der Waals surface area contributed by atoms with Crippen molar-refractivity contribution in [2.45, 2.75) is 25.7 Å². The number of hydrogen-bond donors (Lipinski definition) is 1. The van der Waals surface area contributed by atoms with Gasteiger partial charge in [0.25, 0.3) is 0 Å². The Balaban J connectivity index is 2.14. The predicted molar refractivity (Wildman–Crippen MR) is 61.4 cm³/mol. The minimum absolute atomic E-state index is 0.679. The zero-order chi connectivity index (χ0) is 11.1. The summed E-state index contributed by atoms with van der Waals surface area (Å²) in [5.74, 6) is 0.679. The van der Waals surface area contributed by atoms with Crippen LogP contribution >= 0.6 is 0 Å². The van der Waals surface area contributed by atoms with Crippen molar-refractivity contribution >= 4 is 5.82 Å². The molecule has 0 aromatic carbocycles. The van der Waals surface area contributed by atoms with Crippen LogP contribution in [-0.4, -0.2) is 19.6 Å². The van der Waals surface area contributed by atoms with Gasteiger partial charge in [0.15, 0.2) is 0 Å². The Morgan fingerprint density at radius 3 is 2.88 bits per heavy atom. The zero-order valence-electron chi connectivity index (χ0n) is 9.35. The molecule has 2 aromatic rings. The minimum Gasteiger partial charge on any atom is -0.382 e. The van der Waals surface area contributed by atoms with Crippen LogP contribution in [0.1, 0.15) is 24.1 Å². The second-order valence-corrected chi connectivity index (χ2v) is 4.30. The van der Waals surface area contributed by atoms with Crippen LogP contribution in [-0.2, 0) is 19.9 Å². The first-order valence-electron chi connectivity index (χ1n) is 5.61. The van der Waals surface area contributed by atoms with E-state index in [0.717, 1.165) is 18.5 Å². The lowest BCUT2D eigenvalue weighted by atomic mass is 9.97. The van der Waals surface area contributed by atoms with Gasteiger partial charge in [0.2, 0.25) is 0 Å². The third-order valence-corrected chi connectivity index (χ3v) is 3.15. The summed E-state index contributed by atoms with van der Waals surface area (Å²) in [4.78, 5) is 0. The summed E-state index contributed by atoms with van der Waals surface area (Å²) in [6.07, 6.45) is 8.34. The fourth-order valence-corrected chi connectivity index (χ4v) is 2.36. The zero-order valence-corrected chi connectivity index (χ0v) is 9.35. The highest BCUT2D eigenvalue weighted by Gasteiger charge is 2.20. The molecule has 0 bridgehead atoms. The highest BCUT2D eigenvalue weighted by Crippen LogP contribution is 2.27. The van der Waals surface area contributed by atoms with Crippen molar-refractivity contribution in [1.82, 2.24) is 19.6 Å². The average Bonchev–Trinajstić information content (AvgIpc) is 2.84. The molecule has 1 aliphatic carbocycles. The van der Waals surface area contributed by atoms with Gasteiger partial charge < -0.3 is 5.73 Å². The lowest BCUT2D eigenvalue weighted by Crippen LogP contribution is -2.07. The van der Waals surface area contributed by atoms with Gasteiger partial charge in [0.1, 0.15) is 11.5 Å². The van der Waals surface area contributed by atoms with E-state index in [9.17, 15) is 0 Å². The standard InChI is InChI=1S/C11H15N5/c1-15-7-8(6-13-15)16-10-5-3-2-4-9(10)11(12)14-16/h6-7H,2-5H2,1H3,(H2,12,14). The van der Waals surface area contributed by atoms with Crippen LogP contribution < -0.4 is 5.73 Å². The molecular weight excluding hydrogens is 202 g/mol. The van der Waals surface area contributed by atoms with Crippen LogP contribution in [0.25, 0.3) is 5.69 Å². The van der Waals surface area contributed by atoms with Crippen LogP contribution in [0.5, 0.6) is 0 Å². The van der Waals surface area contributed by atoms with Gasteiger partial charge in [-0.2, -0.15) is 10.2 Å². The maximum atomic E-state index is 5.95. The quantitative estimate of drug-likeness (QED) is 0.777. The minimum atomic E-state index is 0.679. The van der Waals surface area contributed by atoms with Crippen molar-refractivity contribution in [1.29, 1.82) is 0 Å². The van der Waals surface area contributed by atoms with Gasteiger partial charge in [-0.25, -0.2) is 4.68 Å². The van der Waals surface area contributed by atoms with E-state index in [1.807, 2.05) is 24.1 Å². The predicted octanol–water partition coefficient (Wildman–Crippen LogP) is 1.07. The summed E-state index contributed by atoms with van der Waals surface area (Å²) in [6.45, 7) is 0. The molecule has 0 unspecified atom stereocenters. The van der Waals surface area contributed by atoms with Crippen molar-refractivity contribution < 1.29 is 0 Å². The first-order valence-corrected chi connectivity index (χ1v) is 5.61. The molecule has 0 saturated heterocycles. The van der Waals surface area contributed by atoms with Crippen molar-refractivity contribution in [2.75, 3.05) is 5.73 Å². The summed E-state index contributed by atoms with van der Waals surface area (Å²) in [6, 6.07) is 0. The third-order valence-electron chi connectivity index (χ3n) is 3.15. The van der Waals surface area contributed by atoms with E-state index in [2.05, 4.69) is 10.2 Å². The lowest BCUT2D eigenvalue weighted by Gasteiger charge is -2.12. The molecule has 2 N–H and O–H groups in total. The SMILES string of the molecule is Cn1cc(-n2nc(N)c3c2CCCC3)cn1. The van der Waals surface area contributed by atoms with E-state index in [1.54, 1.807) is 4.68 Å².